The van der Waals surface area contributed by atoms with E-state index in [2.05, 4.69) is 20.8 Å². The molecule has 0 aliphatic heterocycles. The van der Waals surface area contributed by atoms with Crippen LogP contribution >= 0.6 is 34.5 Å². The number of nitrogens with zero attached hydrogens (tertiary/aromatic N) is 1. The lowest BCUT2D eigenvalue weighted by atomic mass is 10.2. The predicted octanol–water partition coefficient (Wildman–Crippen LogP) is 4.24. The van der Waals surface area contributed by atoms with Crippen LogP contribution in [0.15, 0.2) is 30.3 Å². The number of thiophene rings is 1. The quantitative estimate of drug-likeness (QED) is 0.529. The summed E-state index contributed by atoms with van der Waals surface area (Å²) in [7, 11) is 0. The minimum absolute atomic E-state index is 0.0318. The van der Waals surface area contributed by atoms with Gasteiger partial charge in [-0.15, -0.1) is 11.3 Å². The van der Waals surface area contributed by atoms with E-state index < -0.39 is 23.4 Å². The minimum Gasteiger partial charge on any atom is -0.346 e. The van der Waals surface area contributed by atoms with E-state index in [4.69, 9.17) is 23.2 Å². The molecule has 3 N–H and O–H groups in total. The predicted molar refractivity (Wildman–Crippen MR) is 98.4 cm³/mol. The van der Waals surface area contributed by atoms with Crippen LogP contribution in [0.2, 0.25) is 9.36 Å². The largest absolute Gasteiger partial charge is 0.346 e. The van der Waals surface area contributed by atoms with Crippen LogP contribution in [0.4, 0.5) is 14.6 Å². The smallest absolute Gasteiger partial charge is 0.272 e. The maximum Gasteiger partial charge on any atom is 0.272 e. The Kier molecular flexibility index (Phi) is 5.73. The van der Waals surface area contributed by atoms with Gasteiger partial charge >= 0.3 is 0 Å². The molecule has 0 bridgehead atoms. The molecular weight excluding hydrogens is 421 g/mol. The second-order valence-electron chi connectivity index (χ2n) is 5.26. The number of nitrogens with one attached hydrogen (secondary N) is 3. The molecule has 0 spiro atoms. The molecule has 0 aliphatic carbocycles. The van der Waals surface area contributed by atoms with E-state index >= 15 is 0 Å². The fourth-order valence-electron chi connectivity index (χ4n) is 2.09. The number of benzene rings is 1. The molecule has 1 aromatic carbocycles. The zero-order chi connectivity index (χ0) is 19.6. The molecule has 0 unspecified atom stereocenters. The van der Waals surface area contributed by atoms with Crippen molar-refractivity contribution in [2.75, 3.05) is 5.32 Å². The molecule has 0 fully saturated rings. The average Bonchev–Trinajstić information content (AvgIpc) is 3.25. The zero-order valence-corrected chi connectivity index (χ0v) is 15.6. The number of carbonyl (C=O) groups excluding carboxylic acids is 2. The topological polar surface area (TPSA) is 86.9 Å². The van der Waals surface area contributed by atoms with Gasteiger partial charge in [-0.3, -0.25) is 14.7 Å². The van der Waals surface area contributed by atoms with E-state index in [0.717, 1.165) is 4.88 Å². The first-order chi connectivity index (χ1) is 12.8. The van der Waals surface area contributed by atoms with Crippen LogP contribution in [-0.4, -0.2) is 22.0 Å². The highest BCUT2D eigenvalue weighted by Crippen LogP contribution is 2.22. The number of hydrogen-bond donors (Lipinski definition) is 3. The van der Waals surface area contributed by atoms with Crippen molar-refractivity contribution in [1.82, 2.24) is 15.5 Å². The standard InChI is InChI=1S/C16H10Cl2F2N4O2S/c17-9-4-11(20)10(19)3-8(9)15(25)22-14-5-12(23-24-14)16(26)21-6-7-1-2-13(18)27-7/h1-5H,6H2,(H,21,26)(H2,22,23,24,25). The van der Waals surface area contributed by atoms with Crippen LogP contribution in [0.1, 0.15) is 25.7 Å². The van der Waals surface area contributed by atoms with Crippen molar-refractivity contribution in [3.63, 3.8) is 0 Å². The summed E-state index contributed by atoms with van der Waals surface area (Å²) in [6, 6.07) is 6.19. The number of carbonyl (C=O) groups is 2. The summed E-state index contributed by atoms with van der Waals surface area (Å²) in [6.45, 7) is 0.273. The molecule has 2 heterocycles. The van der Waals surface area contributed by atoms with Gasteiger partial charge in [-0.25, -0.2) is 8.78 Å². The maximum atomic E-state index is 13.3. The number of amides is 2. The summed E-state index contributed by atoms with van der Waals surface area (Å²) in [5, 5.41) is 11.0. The Hall–Kier alpha value is -2.49. The molecule has 2 amide bonds. The fourth-order valence-corrected chi connectivity index (χ4v) is 3.36. The van der Waals surface area contributed by atoms with Gasteiger partial charge in [-0.2, -0.15) is 5.10 Å². The highest BCUT2D eigenvalue weighted by atomic mass is 35.5. The maximum absolute atomic E-state index is 13.3. The number of H-pyrrole nitrogens is 1. The van der Waals surface area contributed by atoms with E-state index in [9.17, 15) is 18.4 Å². The zero-order valence-electron chi connectivity index (χ0n) is 13.3. The van der Waals surface area contributed by atoms with Gasteiger partial charge < -0.3 is 10.6 Å². The molecule has 0 atom stereocenters. The molecule has 0 saturated heterocycles. The highest BCUT2D eigenvalue weighted by molar-refractivity contribution is 7.16. The summed E-state index contributed by atoms with van der Waals surface area (Å²) in [5.41, 5.74) is -0.227. The van der Waals surface area contributed by atoms with E-state index in [1.165, 1.54) is 17.4 Å². The van der Waals surface area contributed by atoms with Crippen LogP contribution in [-0.2, 0) is 6.54 Å². The lowest BCUT2D eigenvalue weighted by molar-refractivity contribution is 0.0945. The molecule has 0 aliphatic rings. The van der Waals surface area contributed by atoms with Crippen molar-refractivity contribution >= 4 is 52.2 Å². The SMILES string of the molecule is O=C(NCc1ccc(Cl)s1)c1cc(NC(=O)c2cc(F)c(F)cc2Cl)[nH]n1. The Morgan fingerprint density at radius 3 is 2.56 bits per heavy atom. The molecule has 27 heavy (non-hydrogen) atoms. The number of hydrogen-bond acceptors (Lipinski definition) is 4. The van der Waals surface area contributed by atoms with Crippen molar-refractivity contribution in [1.29, 1.82) is 0 Å². The second kappa shape index (κ2) is 8.03. The van der Waals surface area contributed by atoms with E-state index in [1.54, 1.807) is 12.1 Å². The number of rotatable bonds is 5. The Bertz CT molecular complexity index is 1020. The molecule has 140 valence electrons. The van der Waals surface area contributed by atoms with Crippen LogP contribution in [0.25, 0.3) is 0 Å². The van der Waals surface area contributed by atoms with Gasteiger partial charge in [0, 0.05) is 10.9 Å². The first-order valence-corrected chi connectivity index (χ1v) is 8.94. The first kappa shape index (κ1) is 19.3. The van der Waals surface area contributed by atoms with Gasteiger partial charge in [0.1, 0.15) is 5.82 Å². The third-order valence-corrected chi connectivity index (χ3v) is 4.91. The summed E-state index contributed by atoms with van der Waals surface area (Å²) in [5.74, 6) is -3.54. The van der Waals surface area contributed by atoms with Gasteiger partial charge in [0.2, 0.25) is 0 Å². The highest BCUT2D eigenvalue weighted by Gasteiger charge is 2.17. The van der Waals surface area contributed by atoms with Gasteiger partial charge in [0.15, 0.2) is 17.3 Å². The van der Waals surface area contributed by atoms with E-state index in [0.29, 0.717) is 16.5 Å². The Balaban J connectivity index is 1.64. The van der Waals surface area contributed by atoms with Crippen LogP contribution in [0, 0.1) is 11.6 Å². The molecular formula is C16H10Cl2F2N4O2S. The second-order valence-corrected chi connectivity index (χ2v) is 7.46. The third kappa shape index (κ3) is 4.62. The minimum atomic E-state index is -1.21. The van der Waals surface area contributed by atoms with Crippen molar-refractivity contribution in [2.24, 2.45) is 0 Å². The summed E-state index contributed by atoms with van der Waals surface area (Å²) in [4.78, 5) is 25.1. The van der Waals surface area contributed by atoms with E-state index in [1.807, 2.05) is 0 Å². The molecule has 0 saturated carbocycles. The van der Waals surface area contributed by atoms with E-state index in [-0.39, 0.29) is 28.6 Å². The lowest BCUT2D eigenvalue weighted by Crippen LogP contribution is -2.22. The average molecular weight is 431 g/mol. The Labute approximate surface area is 165 Å². The van der Waals surface area contributed by atoms with Crippen LogP contribution in [0.3, 0.4) is 0 Å². The summed E-state index contributed by atoms with van der Waals surface area (Å²) < 4.78 is 27.0. The Morgan fingerprint density at radius 1 is 1.11 bits per heavy atom. The van der Waals surface area contributed by atoms with Gasteiger partial charge in [-0.05, 0) is 24.3 Å². The third-order valence-electron chi connectivity index (χ3n) is 3.37. The van der Waals surface area contributed by atoms with Crippen molar-refractivity contribution < 1.29 is 18.4 Å². The van der Waals surface area contributed by atoms with Crippen molar-refractivity contribution in [3.8, 4) is 0 Å². The summed E-state index contributed by atoms with van der Waals surface area (Å²) >= 11 is 12.9. The van der Waals surface area contributed by atoms with Crippen LogP contribution in [0.5, 0.6) is 0 Å². The van der Waals surface area contributed by atoms with Gasteiger partial charge in [-0.1, -0.05) is 23.2 Å². The van der Waals surface area contributed by atoms with Crippen molar-refractivity contribution in [3.05, 3.63) is 67.5 Å². The number of anilines is 1. The number of aromatic amines is 1. The molecule has 0 radical (unpaired) electrons. The number of halogens is 4. The Morgan fingerprint density at radius 2 is 1.85 bits per heavy atom. The molecule has 3 rings (SSSR count). The van der Waals surface area contributed by atoms with Gasteiger partial charge in [0.05, 0.1) is 21.5 Å². The first-order valence-electron chi connectivity index (χ1n) is 7.37. The molecule has 2 aromatic heterocycles. The molecule has 6 nitrogen and oxygen atoms in total. The monoisotopic (exact) mass is 430 g/mol. The molecule has 11 heteroatoms. The summed E-state index contributed by atoms with van der Waals surface area (Å²) in [6.07, 6.45) is 0. The number of aromatic nitrogens is 2. The van der Waals surface area contributed by atoms with Crippen LogP contribution < -0.4 is 10.6 Å². The molecule has 3 aromatic rings. The van der Waals surface area contributed by atoms with Crippen molar-refractivity contribution in [2.45, 2.75) is 6.54 Å². The van der Waals surface area contributed by atoms with Gasteiger partial charge in [0.25, 0.3) is 11.8 Å². The lowest BCUT2D eigenvalue weighted by Gasteiger charge is -2.05. The fraction of sp³-hybridized carbons (Fsp3) is 0.0625. The normalized spacial score (nSPS) is 10.7.